The fourth-order valence-corrected chi connectivity index (χ4v) is 4.63. The van der Waals surface area contributed by atoms with Gasteiger partial charge in [-0.3, -0.25) is 4.79 Å². The van der Waals surface area contributed by atoms with Gasteiger partial charge in [0.2, 0.25) is 0 Å². The van der Waals surface area contributed by atoms with Crippen molar-refractivity contribution in [2.45, 2.75) is 25.7 Å². The van der Waals surface area contributed by atoms with E-state index in [9.17, 15) is 4.79 Å². The molecule has 0 radical (unpaired) electrons. The summed E-state index contributed by atoms with van der Waals surface area (Å²) < 4.78 is 17.6. The highest BCUT2D eigenvalue weighted by Crippen LogP contribution is 2.36. The number of benzene rings is 4. The van der Waals surface area contributed by atoms with E-state index in [1.807, 2.05) is 54.6 Å². The van der Waals surface area contributed by atoms with Crippen LogP contribution in [0.5, 0.6) is 17.2 Å². The van der Waals surface area contributed by atoms with Crippen LogP contribution in [0.3, 0.4) is 0 Å². The van der Waals surface area contributed by atoms with E-state index in [1.165, 1.54) is 0 Å². The van der Waals surface area contributed by atoms with Gasteiger partial charge in [0, 0.05) is 6.07 Å². The van der Waals surface area contributed by atoms with Crippen molar-refractivity contribution in [3.8, 4) is 28.4 Å². The Morgan fingerprint density at radius 3 is 2.18 bits per heavy atom. The van der Waals surface area contributed by atoms with Gasteiger partial charge in [0.15, 0.2) is 5.75 Å². The third kappa shape index (κ3) is 6.98. The SMILES string of the molecule is COc1cc(COc2c(Cl)cc(CC(N)C(=O)O)cc2Cl)cc(OCc2ccccc2-c2ccccc2)c1. The number of hydrogen-bond donors (Lipinski definition) is 2. The van der Waals surface area contributed by atoms with Crippen LogP contribution >= 0.6 is 23.2 Å². The highest BCUT2D eigenvalue weighted by atomic mass is 35.5. The molecular weight excluding hydrogens is 525 g/mol. The maximum Gasteiger partial charge on any atom is 0.320 e. The van der Waals surface area contributed by atoms with Gasteiger partial charge < -0.3 is 25.1 Å². The monoisotopic (exact) mass is 551 g/mol. The molecule has 0 bridgehead atoms. The first kappa shape index (κ1) is 27.3. The summed E-state index contributed by atoms with van der Waals surface area (Å²) in [6, 6.07) is 26.0. The molecule has 0 saturated heterocycles. The Morgan fingerprint density at radius 1 is 0.842 bits per heavy atom. The summed E-state index contributed by atoms with van der Waals surface area (Å²) in [6.07, 6.45) is 0.0963. The van der Waals surface area contributed by atoms with E-state index < -0.39 is 12.0 Å². The molecule has 0 aliphatic carbocycles. The Bertz CT molecular complexity index is 1390. The molecule has 0 heterocycles. The lowest BCUT2D eigenvalue weighted by Crippen LogP contribution is -2.32. The number of ether oxygens (including phenoxy) is 3. The topological polar surface area (TPSA) is 91.0 Å². The first-order chi connectivity index (χ1) is 18.3. The molecule has 0 saturated carbocycles. The summed E-state index contributed by atoms with van der Waals surface area (Å²) in [6.45, 7) is 0.526. The molecule has 0 amide bonds. The van der Waals surface area contributed by atoms with Crippen molar-refractivity contribution in [3.63, 3.8) is 0 Å². The van der Waals surface area contributed by atoms with Crippen LogP contribution in [0.15, 0.2) is 84.9 Å². The standard InChI is InChI=1S/C30H27Cl2NO5/c1-36-23-11-20(17-38-29-26(31)13-19(14-27(29)32)15-28(33)30(34)35)12-24(16-23)37-18-22-9-5-6-10-25(22)21-7-3-2-4-8-21/h2-14,16,28H,15,17-18,33H2,1H3,(H,34,35). The zero-order chi connectivity index (χ0) is 27.1. The maximum atomic E-state index is 11.1. The molecule has 8 heteroatoms. The van der Waals surface area contributed by atoms with Crippen LogP contribution in [-0.2, 0) is 24.4 Å². The van der Waals surface area contributed by atoms with E-state index in [0.717, 1.165) is 22.3 Å². The van der Waals surface area contributed by atoms with Gasteiger partial charge in [0.25, 0.3) is 0 Å². The van der Waals surface area contributed by atoms with Gasteiger partial charge in [-0.1, -0.05) is 77.8 Å². The number of carboxylic acids is 1. The van der Waals surface area contributed by atoms with Crippen LogP contribution in [0.1, 0.15) is 16.7 Å². The number of rotatable bonds is 11. The first-order valence-corrected chi connectivity index (χ1v) is 12.6. The van der Waals surface area contributed by atoms with Crippen molar-refractivity contribution >= 4 is 29.2 Å². The number of hydrogen-bond acceptors (Lipinski definition) is 5. The minimum absolute atomic E-state index is 0.0963. The highest BCUT2D eigenvalue weighted by molar-refractivity contribution is 6.37. The van der Waals surface area contributed by atoms with Gasteiger partial charge in [-0.15, -0.1) is 0 Å². The van der Waals surface area contributed by atoms with Crippen LogP contribution in [0.2, 0.25) is 10.0 Å². The summed E-state index contributed by atoms with van der Waals surface area (Å²) in [7, 11) is 1.59. The maximum absolute atomic E-state index is 11.1. The van der Waals surface area contributed by atoms with Crippen LogP contribution in [0.4, 0.5) is 0 Å². The van der Waals surface area contributed by atoms with E-state index in [0.29, 0.717) is 29.4 Å². The Hall–Kier alpha value is -3.71. The summed E-state index contributed by atoms with van der Waals surface area (Å²) in [5.74, 6) is 0.439. The predicted octanol–water partition coefficient (Wildman–Crippen LogP) is 6.78. The normalized spacial score (nSPS) is 11.6. The van der Waals surface area contributed by atoms with E-state index in [-0.39, 0.29) is 23.1 Å². The van der Waals surface area contributed by atoms with Crippen molar-refractivity contribution in [2.24, 2.45) is 5.73 Å². The highest BCUT2D eigenvalue weighted by Gasteiger charge is 2.16. The molecule has 6 nitrogen and oxygen atoms in total. The summed E-state index contributed by atoms with van der Waals surface area (Å²) in [4.78, 5) is 11.1. The number of methoxy groups -OCH3 is 1. The molecular formula is C30H27Cl2NO5. The van der Waals surface area contributed by atoms with E-state index in [4.69, 9.17) is 48.3 Å². The summed E-state index contributed by atoms with van der Waals surface area (Å²) in [5.41, 5.74) is 10.3. The molecule has 0 aromatic heterocycles. The Morgan fingerprint density at radius 2 is 1.50 bits per heavy atom. The summed E-state index contributed by atoms with van der Waals surface area (Å²) in [5, 5.41) is 9.58. The third-order valence-electron chi connectivity index (χ3n) is 5.89. The lowest BCUT2D eigenvalue weighted by atomic mass is 10.0. The van der Waals surface area contributed by atoms with Crippen LogP contribution < -0.4 is 19.9 Å². The van der Waals surface area contributed by atoms with Crippen LogP contribution in [0.25, 0.3) is 11.1 Å². The predicted molar refractivity (Wildman–Crippen MR) is 149 cm³/mol. The van der Waals surface area contributed by atoms with E-state index in [2.05, 4.69) is 18.2 Å². The molecule has 1 atom stereocenters. The molecule has 4 aromatic rings. The number of carboxylic acid groups (broad SMARTS) is 1. The summed E-state index contributed by atoms with van der Waals surface area (Å²) >= 11 is 12.8. The second-order valence-corrected chi connectivity index (χ2v) is 9.47. The molecule has 4 rings (SSSR count). The zero-order valence-electron chi connectivity index (χ0n) is 20.7. The first-order valence-electron chi connectivity index (χ1n) is 11.9. The van der Waals surface area contributed by atoms with Gasteiger partial charge in [0.05, 0.1) is 17.2 Å². The molecule has 0 spiro atoms. The molecule has 4 aromatic carbocycles. The molecule has 3 N–H and O–H groups in total. The lowest BCUT2D eigenvalue weighted by Gasteiger charge is -2.15. The lowest BCUT2D eigenvalue weighted by molar-refractivity contribution is -0.138. The fourth-order valence-electron chi connectivity index (χ4n) is 3.99. The van der Waals surface area contributed by atoms with Crippen molar-refractivity contribution < 1.29 is 24.1 Å². The number of aliphatic carboxylic acids is 1. The zero-order valence-corrected chi connectivity index (χ0v) is 22.2. The molecule has 0 aliphatic rings. The largest absolute Gasteiger partial charge is 0.497 e. The molecule has 38 heavy (non-hydrogen) atoms. The third-order valence-corrected chi connectivity index (χ3v) is 6.45. The Balaban J connectivity index is 1.48. The van der Waals surface area contributed by atoms with Gasteiger partial charge >= 0.3 is 5.97 Å². The Kier molecular flexibility index (Phi) is 9.13. The second kappa shape index (κ2) is 12.7. The number of nitrogens with two attached hydrogens (primary N) is 1. The minimum atomic E-state index is -1.10. The van der Waals surface area contributed by atoms with Gasteiger partial charge in [0.1, 0.15) is 30.8 Å². The quantitative estimate of drug-likeness (QED) is 0.213. The van der Waals surface area contributed by atoms with Gasteiger partial charge in [-0.2, -0.15) is 0 Å². The Labute approximate surface area is 231 Å². The van der Waals surface area contributed by atoms with Crippen LogP contribution in [0, 0.1) is 0 Å². The molecule has 0 aliphatic heterocycles. The van der Waals surface area contributed by atoms with Crippen molar-refractivity contribution in [1.29, 1.82) is 0 Å². The van der Waals surface area contributed by atoms with E-state index >= 15 is 0 Å². The molecule has 196 valence electrons. The molecule has 0 fully saturated rings. The smallest absolute Gasteiger partial charge is 0.320 e. The second-order valence-electron chi connectivity index (χ2n) is 8.65. The van der Waals surface area contributed by atoms with Crippen LogP contribution in [-0.4, -0.2) is 24.2 Å². The average Bonchev–Trinajstić information content (AvgIpc) is 2.92. The van der Waals surface area contributed by atoms with Crippen molar-refractivity contribution in [2.75, 3.05) is 7.11 Å². The molecule has 1 unspecified atom stereocenters. The van der Waals surface area contributed by atoms with Crippen molar-refractivity contribution in [1.82, 2.24) is 0 Å². The number of carbonyl (C=O) groups is 1. The van der Waals surface area contributed by atoms with Gasteiger partial charge in [-0.05, 0) is 58.5 Å². The average molecular weight is 552 g/mol. The van der Waals surface area contributed by atoms with E-state index in [1.54, 1.807) is 19.2 Å². The minimum Gasteiger partial charge on any atom is -0.497 e. The number of halogens is 2. The van der Waals surface area contributed by atoms with Gasteiger partial charge in [-0.25, -0.2) is 0 Å². The van der Waals surface area contributed by atoms with Crippen molar-refractivity contribution in [3.05, 3.63) is 112 Å². The fraction of sp³-hybridized carbons (Fsp3) is 0.167.